The molecule has 0 aromatic carbocycles. The summed E-state index contributed by atoms with van der Waals surface area (Å²) in [4.78, 5) is 39.1. The summed E-state index contributed by atoms with van der Waals surface area (Å²) in [6.45, 7) is 5.30. The average molecular weight is 504 g/mol. The first kappa shape index (κ1) is 27.0. The number of pyridine rings is 1. The van der Waals surface area contributed by atoms with Gasteiger partial charge in [-0.05, 0) is 55.2 Å². The maximum absolute atomic E-state index is 11.6. The topological polar surface area (TPSA) is 155 Å². The molecule has 0 unspecified atom stereocenters. The third-order valence-corrected chi connectivity index (χ3v) is 5.83. The van der Waals surface area contributed by atoms with Gasteiger partial charge in [0, 0.05) is 34.4 Å². The maximum Gasteiger partial charge on any atom is 0.353 e. The molecule has 190 valence electrons. The number of quaternary nitrogens is 1. The molecule has 5 N–H and O–H groups in total. The molecule has 0 amide bonds. The Morgan fingerprint density at radius 1 is 0.811 bits per heavy atom. The van der Waals surface area contributed by atoms with E-state index in [1.54, 1.807) is 69.6 Å². The van der Waals surface area contributed by atoms with Crippen molar-refractivity contribution in [1.29, 1.82) is 0 Å². The molecule has 0 spiro atoms. The van der Waals surface area contributed by atoms with Crippen LogP contribution < -0.4 is 9.98 Å². The first-order valence-electron chi connectivity index (χ1n) is 11.9. The highest BCUT2D eigenvalue weighted by molar-refractivity contribution is 6.15. The molecule has 3 heterocycles. The van der Waals surface area contributed by atoms with E-state index in [1.807, 2.05) is 11.4 Å². The van der Waals surface area contributed by atoms with Crippen LogP contribution in [0.3, 0.4) is 0 Å². The minimum atomic E-state index is -1.01. The van der Waals surface area contributed by atoms with Crippen molar-refractivity contribution >= 4 is 41.6 Å². The Labute approximate surface area is 214 Å². The summed E-state index contributed by atoms with van der Waals surface area (Å²) in [5.74, 6) is -2.97. The van der Waals surface area contributed by atoms with Gasteiger partial charge in [-0.1, -0.05) is 25.4 Å². The van der Waals surface area contributed by atoms with Crippen LogP contribution in [0.2, 0.25) is 0 Å². The van der Waals surface area contributed by atoms with Crippen LogP contribution in [0, 0.1) is 0 Å². The summed E-state index contributed by atoms with van der Waals surface area (Å²) in [7, 11) is 0. The van der Waals surface area contributed by atoms with Gasteiger partial charge in [0.25, 0.3) is 0 Å². The monoisotopic (exact) mass is 503 g/mol. The lowest BCUT2D eigenvalue weighted by Crippen LogP contribution is -2.73. The van der Waals surface area contributed by atoms with E-state index in [4.69, 9.17) is 4.98 Å². The summed E-state index contributed by atoms with van der Waals surface area (Å²) >= 11 is 0. The Morgan fingerprint density at radius 2 is 1.35 bits per heavy atom. The van der Waals surface area contributed by atoms with Crippen molar-refractivity contribution < 1.29 is 35.0 Å². The zero-order chi connectivity index (χ0) is 27.1. The lowest BCUT2D eigenvalue weighted by Gasteiger charge is -2.04. The van der Waals surface area contributed by atoms with Gasteiger partial charge in [0.15, 0.2) is 11.4 Å². The number of nitrogens with zero attached hydrogens (tertiary/aromatic N) is 2. The van der Waals surface area contributed by atoms with Crippen molar-refractivity contribution in [3.05, 3.63) is 87.5 Å². The Bertz CT molecular complexity index is 1410. The molecular weight excluding hydrogens is 474 g/mol. The number of nitrogens with two attached hydrogens (primary N) is 1. The van der Waals surface area contributed by atoms with Crippen molar-refractivity contribution in [3.63, 3.8) is 0 Å². The van der Waals surface area contributed by atoms with Gasteiger partial charge in [-0.25, -0.2) is 19.4 Å². The third-order valence-electron chi connectivity index (χ3n) is 5.83. The third kappa shape index (κ3) is 6.76. The second-order valence-electron chi connectivity index (χ2n) is 8.38. The van der Waals surface area contributed by atoms with Gasteiger partial charge in [0.1, 0.15) is 11.9 Å². The van der Waals surface area contributed by atoms with Crippen LogP contribution in [0.15, 0.2) is 70.5 Å². The second-order valence-corrected chi connectivity index (χ2v) is 8.38. The summed E-state index contributed by atoms with van der Waals surface area (Å²) in [6.07, 6.45) is 12.8. The van der Waals surface area contributed by atoms with Gasteiger partial charge < -0.3 is 15.3 Å². The molecule has 3 rings (SSSR count). The molecule has 9 heteroatoms. The molecule has 0 aliphatic carbocycles. The zero-order valence-electron chi connectivity index (χ0n) is 20.9. The number of rotatable bonds is 11. The van der Waals surface area contributed by atoms with Crippen LogP contribution >= 0.6 is 0 Å². The molecule has 9 nitrogen and oxygen atoms in total. The molecule has 0 saturated carbocycles. The van der Waals surface area contributed by atoms with Gasteiger partial charge in [-0.2, -0.15) is 0 Å². The standard InChI is InChI=1S/C28H27N3O6/c1-4-19(26(32)33)7-16-10-24(22-12-17(14-29-22)8-20(5-2)27(34)35)31-25(11-16)23-13-18(15-30-23)9-21(6-3)28(36)37/h7-15H,4-6H2,1-3H3,(H3-,29,30,31,32,33,34,35,36,37)/p+2. The number of carbonyl (C=O) groups is 3. The van der Waals surface area contributed by atoms with E-state index < -0.39 is 17.9 Å². The summed E-state index contributed by atoms with van der Waals surface area (Å²) < 4.78 is 4.41. The number of carboxylic acid groups (broad SMARTS) is 3. The lowest BCUT2D eigenvalue weighted by molar-refractivity contribution is -0.484. The highest BCUT2D eigenvalue weighted by Gasteiger charge is 2.24. The molecule has 1 aromatic rings. The average Bonchev–Trinajstić information content (AvgIpc) is 3.53. The fourth-order valence-corrected chi connectivity index (χ4v) is 3.77. The van der Waals surface area contributed by atoms with Crippen molar-refractivity contribution in [2.75, 3.05) is 0 Å². The summed E-state index contributed by atoms with van der Waals surface area (Å²) in [5.41, 5.74) is 5.06. The first-order valence-corrected chi connectivity index (χ1v) is 11.9. The minimum absolute atomic E-state index is 0.233. The molecule has 0 bridgehead atoms. The Hall–Kier alpha value is -4.59. The molecule has 0 saturated heterocycles. The molecule has 0 atom stereocenters. The van der Waals surface area contributed by atoms with Crippen molar-refractivity contribution in [2.24, 2.45) is 0 Å². The summed E-state index contributed by atoms with van der Waals surface area (Å²) in [5, 5.41) is 30.0. The van der Waals surface area contributed by atoms with E-state index in [0.717, 1.165) is 11.3 Å². The smallest absolute Gasteiger partial charge is 0.353 e. The van der Waals surface area contributed by atoms with Gasteiger partial charge in [-0.15, -0.1) is 0 Å². The van der Waals surface area contributed by atoms with Crippen molar-refractivity contribution in [2.45, 2.75) is 40.0 Å². The van der Waals surface area contributed by atoms with E-state index >= 15 is 0 Å². The number of hydrogen-bond acceptors (Lipinski definition) is 4. The number of hydrogen-bond donors (Lipinski definition) is 4. The Kier molecular flexibility index (Phi) is 8.68. The number of aromatic nitrogens is 1. The van der Waals surface area contributed by atoms with Crippen LogP contribution in [0.4, 0.5) is 0 Å². The van der Waals surface area contributed by atoms with E-state index in [0.29, 0.717) is 47.5 Å². The molecule has 2 aliphatic rings. The van der Waals surface area contributed by atoms with Gasteiger partial charge in [0.2, 0.25) is 0 Å². The normalized spacial score (nSPS) is 15.8. The quantitative estimate of drug-likeness (QED) is 0.267. The Balaban J connectivity index is 2.06. The van der Waals surface area contributed by atoms with Crippen molar-refractivity contribution in [3.8, 4) is 0 Å². The van der Waals surface area contributed by atoms with Gasteiger partial charge >= 0.3 is 29.8 Å². The van der Waals surface area contributed by atoms with Crippen LogP contribution in [-0.4, -0.2) is 50.1 Å². The molecular formula is C28H29N3O6+2. The maximum atomic E-state index is 11.6. The van der Waals surface area contributed by atoms with Crippen LogP contribution in [0.1, 0.15) is 57.0 Å². The van der Waals surface area contributed by atoms with Crippen LogP contribution in [-0.2, 0) is 14.4 Å². The Morgan fingerprint density at radius 3 is 1.92 bits per heavy atom. The molecule has 1 aromatic heterocycles. The van der Waals surface area contributed by atoms with E-state index in [1.165, 1.54) is 0 Å². The van der Waals surface area contributed by atoms with Crippen LogP contribution in [0.25, 0.3) is 11.8 Å². The minimum Gasteiger partial charge on any atom is -0.478 e. The number of allylic oxidation sites excluding steroid dienone is 6. The van der Waals surface area contributed by atoms with Crippen LogP contribution in [0.5, 0.6) is 0 Å². The highest BCUT2D eigenvalue weighted by Crippen LogP contribution is 2.20. The molecule has 0 radical (unpaired) electrons. The SMILES string of the molecule is CCC(=CC1=C[NH2+]C(c2cc(C=C(CC)C(=O)O)cc(C3=[N+]=CC(C=C(CC)C(=O)O)=C3)n2)=C1)C(=O)O. The molecule has 2 aliphatic heterocycles. The fourth-order valence-electron chi connectivity index (χ4n) is 3.77. The second kappa shape index (κ2) is 11.9. The van der Waals surface area contributed by atoms with Crippen molar-refractivity contribution in [1.82, 2.24) is 9.65 Å². The predicted molar refractivity (Wildman–Crippen MR) is 141 cm³/mol. The lowest BCUT2D eigenvalue weighted by atomic mass is 10.0. The molecule has 37 heavy (non-hydrogen) atoms. The number of carboxylic acids is 3. The predicted octanol–water partition coefficient (Wildman–Crippen LogP) is 2.47. The van der Waals surface area contributed by atoms with Gasteiger partial charge in [-0.3, -0.25) is 5.32 Å². The number of aliphatic carboxylic acids is 3. The molecule has 0 fully saturated rings. The highest BCUT2D eigenvalue weighted by atomic mass is 16.4. The van der Waals surface area contributed by atoms with E-state index in [-0.39, 0.29) is 16.7 Å². The largest absolute Gasteiger partial charge is 0.478 e. The van der Waals surface area contributed by atoms with E-state index in [2.05, 4.69) is 4.67 Å². The van der Waals surface area contributed by atoms with Gasteiger partial charge in [0.05, 0.1) is 5.57 Å². The first-order chi connectivity index (χ1) is 17.6. The fraction of sp³-hybridized carbons (Fsp3) is 0.214. The van der Waals surface area contributed by atoms with E-state index in [9.17, 15) is 29.7 Å². The zero-order valence-corrected chi connectivity index (χ0v) is 20.9. The summed E-state index contributed by atoms with van der Waals surface area (Å²) in [6, 6.07) is 3.51.